The fourth-order valence-electron chi connectivity index (χ4n) is 4.23. The Morgan fingerprint density at radius 2 is 1.48 bits per heavy atom. The number of rotatable bonds is 3. The zero-order valence-corrected chi connectivity index (χ0v) is 14.3. The Kier molecular flexibility index (Phi) is 5.14. The van der Waals surface area contributed by atoms with Gasteiger partial charge in [-0.15, -0.1) is 11.6 Å². The van der Waals surface area contributed by atoms with Crippen LogP contribution in [0.25, 0.3) is 0 Å². The second-order valence-corrected chi connectivity index (χ2v) is 9.19. The Balaban J connectivity index is 1.62. The molecule has 2 aliphatic heterocycles. The van der Waals surface area contributed by atoms with E-state index in [0.29, 0.717) is 30.8 Å². The first-order valence-corrected chi connectivity index (χ1v) is 10.4. The maximum absolute atomic E-state index is 12.8. The fraction of sp³-hybridized carbons (Fsp3) is 1.00. The Bertz CT molecular complexity index is 449. The lowest BCUT2D eigenvalue weighted by Crippen LogP contribution is -2.52. The maximum Gasteiger partial charge on any atom is 0.281 e. The van der Waals surface area contributed by atoms with Gasteiger partial charge >= 0.3 is 0 Å². The van der Waals surface area contributed by atoms with Gasteiger partial charge in [0.25, 0.3) is 10.2 Å². The molecule has 0 aromatic heterocycles. The number of alkyl halides is 1. The Hall–Kier alpha value is 0.160. The molecule has 122 valence electrons. The van der Waals surface area contributed by atoms with Crippen molar-refractivity contribution in [2.45, 2.75) is 44.9 Å². The summed E-state index contributed by atoms with van der Waals surface area (Å²) in [5.41, 5.74) is 0. The number of halogens is 1. The van der Waals surface area contributed by atoms with Gasteiger partial charge in [0.1, 0.15) is 0 Å². The molecule has 6 heteroatoms. The van der Waals surface area contributed by atoms with Gasteiger partial charge in [0.15, 0.2) is 0 Å². The van der Waals surface area contributed by atoms with Crippen molar-refractivity contribution < 1.29 is 8.42 Å². The van der Waals surface area contributed by atoms with Gasteiger partial charge in [-0.05, 0) is 43.4 Å². The van der Waals surface area contributed by atoms with Crippen molar-refractivity contribution in [2.75, 3.05) is 32.1 Å². The largest absolute Gasteiger partial charge is 0.281 e. The predicted octanol–water partition coefficient (Wildman–Crippen LogP) is 2.69. The van der Waals surface area contributed by atoms with E-state index < -0.39 is 10.2 Å². The van der Waals surface area contributed by atoms with Crippen molar-refractivity contribution in [1.82, 2.24) is 8.61 Å². The second-order valence-electron chi connectivity index (χ2n) is 6.96. The third kappa shape index (κ3) is 3.41. The van der Waals surface area contributed by atoms with Crippen LogP contribution in [-0.4, -0.2) is 49.1 Å². The van der Waals surface area contributed by atoms with Crippen molar-refractivity contribution >= 4 is 21.8 Å². The molecule has 0 spiro atoms. The van der Waals surface area contributed by atoms with Gasteiger partial charge < -0.3 is 0 Å². The van der Waals surface area contributed by atoms with Crippen LogP contribution in [0.5, 0.6) is 0 Å². The summed E-state index contributed by atoms with van der Waals surface area (Å²) in [5.74, 6) is 2.51. The Morgan fingerprint density at radius 1 is 0.857 bits per heavy atom. The van der Waals surface area contributed by atoms with Crippen molar-refractivity contribution in [3.63, 3.8) is 0 Å². The smallest absolute Gasteiger partial charge is 0.195 e. The highest BCUT2D eigenvalue weighted by molar-refractivity contribution is 7.86. The molecule has 0 aromatic rings. The van der Waals surface area contributed by atoms with Gasteiger partial charge in [-0.2, -0.15) is 17.0 Å². The van der Waals surface area contributed by atoms with Crippen LogP contribution in [0.1, 0.15) is 44.9 Å². The average molecular weight is 335 g/mol. The molecule has 0 bridgehead atoms. The summed E-state index contributed by atoms with van der Waals surface area (Å²) >= 11 is 5.89. The first-order chi connectivity index (χ1) is 10.1. The summed E-state index contributed by atoms with van der Waals surface area (Å²) in [5, 5.41) is 0. The molecule has 0 radical (unpaired) electrons. The lowest BCUT2D eigenvalue weighted by molar-refractivity contribution is 0.129. The van der Waals surface area contributed by atoms with E-state index in [-0.39, 0.29) is 0 Å². The van der Waals surface area contributed by atoms with Crippen LogP contribution in [-0.2, 0) is 10.2 Å². The van der Waals surface area contributed by atoms with Crippen LogP contribution in [0.2, 0.25) is 0 Å². The Labute approximate surface area is 134 Å². The summed E-state index contributed by atoms with van der Waals surface area (Å²) in [7, 11) is -3.24. The molecule has 1 aliphatic carbocycles. The number of hydrogen-bond donors (Lipinski definition) is 0. The maximum atomic E-state index is 12.8. The van der Waals surface area contributed by atoms with Crippen LogP contribution in [0.3, 0.4) is 0 Å². The van der Waals surface area contributed by atoms with E-state index in [1.807, 2.05) is 0 Å². The average Bonchev–Trinajstić information content (AvgIpc) is 2.54. The first kappa shape index (κ1) is 16.0. The number of piperidine rings is 2. The van der Waals surface area contributed by atoms with E-state index in [0.717, 1.165) is 38.3 Å². The molecule has 2 unspecified atom stereocenters. The molecular weight excluding hydrogens is 308 g/mol. The molecule has 4 nitrogen and oxygen atoms in total. The standard InChI is InChI=1S/C15H27ClN2O2S/c16-11-13-5-8-17(9-6-13)21(19,20)18-10-7-14-3-1-2-4-15(14)12-18/h13-15H,1-12H2. The van der Waals surface area contributed by atoms with Crippen molar-refractivity contribution in [2.24, 2.45) is 17.8 Å². The number of nitrogens with zero attached hydrogens (tertiary/aromatic N) is 2. The van der Waals surface area contributed by atoms with Crippen LogP contribution in [0.15, 0.2) is 0 Å². The molecule has 2 heterocycles. The van der Waals surface area contributed by atoms with E-state index in [1.54, 1.807) is 8.61 Å². The topological polar surface area (TPSA) is 40.6 Å². The van der Waals surface area contributed by atoms with E-state index >= 15 is 0 Å². The van der Waals surface area contributed by atoms with Gasteiger partial charge in [-0.1, -0.05) is 19.3 Å². The molecule has 2 saturated heterocycles. The van der Waals surface area contributed by atoms with Gasteiger partial charge in [0.2, 0.25) is 0 Å². The lowest BCUT2D eigenvalue weighted by atomic mass is 9.76. The van der Waals surface area contributed by atoms with Gasteiger partial charge in [-0.25, -0.2) is 0 Å². The van der Waals surface area contributed by atoms with Gasteiger partial charge in [0.05, 0.1) is 0 Å². The van der Waals surface area contributed by atoms with Gasteiger partial charge in [-0.3, -0.25) is 0 Å². The first-order valence-electron chi connectivity index (χ1n) is 8.42. The molecule has 0 aromatic carbocycles. The summed E-state index contributed by atoms with van der Waals surface area (Å²) in [6.07, 6.45) is 7.99. The van der Waals surface area contributed by atoms with Crippen LogP contribution in [0, 0.1) is 17.8 Å². The van der Waals surface area contributed by atoms with Gasteiger partial charge in [0, 0.05) is 32.1 Å². The minimum absolute atomic E-state index is 0.488. The van der Waals surface area contributed by atoms with E-state index in [1.165, 1.54) is 25.7 Å². The summed E-state index contributed by atoms with van der Waals surface area (Å²) in [6, 6.07) is 0. The molecule has 1 saturated carbocycles. The third-order valence-electron chi connectivity index (χ3n) is 5.70. The molecule has 3 aliphatic rings. The highest BCUT2D eigenvalue weighted by Crippen LogP contribution is 2.37. The summed E-state index contributed by atoms with van der Waals surface area (Å²) in [6.45, 7) is 2.76. The van der Waals surface area contributed by atoms with E-state index in [4.69, 9.17) is 11.6 Å². The quantitative estimate of drug-likeness (QED) is 0.744. The van der Waals surface area contributed by atoms with Crippen molar-refractivity contribution in [3.8, 4) is 0 Å². The second kappa shape index (κ2) is 6.73. The highest BCUT2D eigenvalue weighted by Gasteiger charge is 2.39. The highest BCUT2D eigenvalue weighted by atomic mass is 35.5. The number of fused-ring (bicyclic) bond motifs is 1. The SMILES string of the molecule is O=S(=O)(N1CCC(CCl)CC1)N1CCC2CCCCC2C1. The molecule has 0 N–H and O–H groups in total. The minimum atomic E-state index is -3.24. The normalized spacial score (nSPS) is 33.8. The molecule has 3 fully saturated rings. The van der Waals surface area contributed by atoms with E-state index in [9.17, 15) is 8.42 Å². The van der Waals surface area contributed by atoms with Crippen LogP contribution in [0.4, 0.5) is 0 Å². The fourth-order valence-corrected chi connectivity index (χ4v) is 6.26. The zero-order valence-electron chi connectivity index (χ0n) is 12.7. The molecule has 2 atom stereocenters. The molecule has 3 rings (SSSR count). The molecular formula is C15H27ClN2O2S. The lowest BCUT2D eigenvalue weighted by Gasteiger charge is -2.42. The third-order valence-corrected chi connectivity index (χ3v) is 8.14. The van der Waals surface area contributed by atoms with Crippen LogP contribution < -0.4 is 0 Å². The zero-order chi connectivity index (χ0) is 14.9. The number of hydrogen-bond acceptors (Lipinski definition) is 2. The Morgan fingerprint density at radius 3 is 2.14 bits per heavy atom. The molecule has 21 heavy (non-hydrogen) atoms. The van der Waals surface area contributed by atoms with Crippen LogP contribution >= 0.6 is 11.6 Å². The summed E-state index contributed by atoms with van der Waals surface area (Å²) in [4.78, 5) is 0. The predicted molar refractivity (Wildman–Crippen MR) is 85.6 cm³/mol. The molecule has 0 amide bonds. The minimum Gasteiger partial charge on any atom is -0.195 e. The van der Waals surface area contributed by atoms with E-state index in [2.05, 4.69) is 0 Å². The monoisotopic (exact) mass is 334 g/mol. The van der Waals surface area contributed by atoms with Crippen molar-refractivity contribution in [3.05, 3.63) is 0 Å². The van der Waals surface area contributed by atoms with Crippen molar-refractivity contribution in [1.29, 1.82) is 0 Å². The summed E-state index contributed by atoms with van der Waals surface area (Å²) < 4.78 is 29.1.